The van der Waals surface area contributed by atoms with Crippen molar-refractivity contribution in [2.75, 3.05) is 0 Å². The van der Waals surface area contributed by atoms with E-state index in [0.29, 0.717) is 0 Å². The second-order valence-corrected chi connectivity index (χ2v) is 2.45. The minimum atomic E-state index is 1.19. The summed E-state index contributed by atoms with van der Waals surface area (Å²) in [4.78, 5) is 0. The van der Waals surface area contributed by atoms with Crippen LogP contribution in [0.3, 0.4) is 0 Å². The van der Waals surface area contributed by atoms with E-state index in [9.17, 15) is 0 Å². The fourth-order valence-corrected chi connectivity index (χ4v) is 0.931. The molecule has 0 saturated heterocycles. The van der Waals surface area contributed by atoms with Gasteiger partial charge >= 0.3 is 0 Å². The van der Waals surface area contributed by atoms with E-state index in [1.165, 1.54) is 19.3 Å². The summed E-state index contributed by atoms with van der Waals surface area (Å²) in [5.74, 6) is 0. The van der Waals surface area contributed by atoms with Crippen LogP contribution in [-0.2, 0) is 0 Å². The van der Waals surface area contributed by atoms with E-state index in [4.69, 9.17) is 0 Å². The van der Waals surface area contributed by atoms with Crippen LogP contribution in [0.4, 0.5) is 0 Å². The van der Waals surface area contributed by atoms with E-state index in [2.05, 4.69) is 39.0 Å². The lowest BCUT2D eigenvalue weighted by molar-refractivity contribution is 0.859. The molecule has 0 radical (unpaired) electrons. The second-order valence-electron chi connectivity index (χ2n) is 2.45. The summed E-state index contributed by atoms with van der Waals surface area (Å²) in [5, 5.41) is 0. The lowest BCUT2D eigenvalue weighted by atomic mass is 10.1. The third kappa shape index (κ3) is 4.37. The van der Waals surface area contributed by atoms with Crippen molar-refractivity contribution in [3.8, 4) is 0 Å². The van der Waals surface area contributed by atoms with Gasteiger partial charge in [-0.3, -0.25) is 0 Å². The molecule has 58 valence electrons. The highest BCUT2D eigenvalue weighted by atomic mass is 13.9. The van der Waals surface area contributed by atoms with Gasteiger partial charge in [-0.2, -0.15) is 0 Å². The number of rotatable bonds is 4. The highest BCUT2D eigenvalue weighted by Crippen LogP contribution is 2.08. The van der Waals surface area contributed by atoms with Crippen LogP contribution < -0.4 is 0 Å². The van der Waals surface area contributed by atoms with Gasteiger partial charge in [0.2, 0.25) is 0 Å². The molecule has 0 heterocycles. The van der Waals surface area contributed by atoms with Crippen LogP contribution in [-0.4, -0.2) is 0 Å². The first-order chi connectivity index (χ1) is 4.85. The molecule has 0 N–H and O–H groups in total. The van der Waals surface area contributed by atoms with E-state index in [1.54, 1.807) is 5.57 Å². The van der Waals surface area contributed by atoms with Gasteiger partial charge in [0, 0.05) is 0 Å². The van der Waals surface area contributed by atoms with Crippen LogP contribution in [0, 0.1) is 0 Å². The van der Waals surface area contributed by atoms with Crippen LogP contribution >= 0.6 is 0 Å². The molecule has 0 saturated carbocycles. The Kier molecular flexibility index (Phi) is 6.25. The molecule has 0 spiro atoms. The lowest BCUT2D eigenvalue weighted by Crippen LogP contribution is -1.77. The predicted molar refractivity (Wildman–Crippen MR) is 48.1 cm³/mol. The summed E-state index contributed by atoms with van der Waals surface area (Å²) in [6.45, 7) is 6.49. The van der Waals surface area contributed by atoms with Gasteiger partial charge in [-0.15, -0.1) is 0 Å². The highest BCUT2D eigenvalue weighted by Gasteiger charge is 1.88. The first kappa shape index (κ1) is 9.48. The largest absolute Gasteiger partial charge is 0.0877 e. The molecule has 0 aliphatic heterocycles. The van der Waals surface area contributed by atoms with Gasteiger partial charge in [-0.25, -0.2) is 0 Å². The normalized spacial score (nSPS) is 12.9. The summed E-state index contributed by atoms with van der Waals surface area (Å²) in [6.07, 6.45) is 10.1. The predicted octanol–water partition coefficient (Wildman–Crippen LogP) is 3.70. The zero-order chi connectivity index (χ0) is 7.82. The van der Waals surface area contributed by atoms with Gasteiger partial charge in [0.15, 0.2) is 0 Å². The molecular formula is C10H18. The summed E-state index contributed by atoms with van der Waals surface area (Å²) >= 11 is 0. The molecule has 0 aromatic heterocycles. The van der Waals surface area contributed by atoms with Crippen LogP contribution in [0.25, 0.3) is 0 Å². The molecule has 0 bridgehead atoms. The maximum absolute atomic E-state index is 2.23. The van der Waals surface area contributed by atoms with Crippen molar-refractivity contribution < 1.29 is 0 Å². The maximum Gasteiger partial charge on any atom is -0.0320 e. The minimum Gasteiger partial charge on any atom is -0.0877 e. The fourth-order valence-electron chi connectivity index (χ4n) is 0.931. The molecule has 0 rings (SSSR count). The Morgan fingerprint density at radius 3 is 2.40 bits per heavy atom. The Labute approximate surface area is 64.6 Å². The number of allylic oxidation sites excluding steroid dienone is 4. The van der Waals surface area contributed by atoms with Gasteiger partial charge in [0.25, 0.3) is 0 Å². The molecule has 10 heavy (non-hydrogen) atoms. The third-order valence-electron chi connectivity index (χ3n) is 1.55. The Balaban J connectivity index is 3.78. The monoisotopic (exact) mass is 138 g/mol. The molecule has 0 fully saturated rings. The van der Waals surface area contributed by atoms with E-state index >= 15 is 0 Å². The zero-order valence-corrected chi connectivity index (χ0v) is 7.35. The van der Waals surface area contributed by atoms with E-state index in [-0.39, 0.29) is 0 Å². The van der Waals surface area contributed by atoms with Gasteiger partial charge in [0.1, 0.15) is 0 Å². The molecule has 0 aliphatic rings. The molecule has 0 amide bonds. The van der Waals surface area contributed by atoms with Crippen molar-refractivity contribution in [3.63, 3.8) is 0 Å². The SMILES string of the molecule is CC=CC=C(CC)CCC. The van der Waals surface area contributed by atoms with Gasteiger partial charge in [-0.1, -0.05) is 44.1 Å². The average molecular weight is 138 g/mol. The van der Waals surface area contributed by atoms with Crippen LogP contribution in [0.1, 0.15) is 40.0 Å². The van der Waals surface area contributed by atoms with Crippen LogP contribution in [0.2, 0.25) is 0 Å². The quantitative estimate of drug-likeness (QED) is 0.520. The summed E-state index contributed by atoms with van der Waals surface area (Å²) < 4.78 is 0. The number of hydrogen-bond donors (Lipinski definition) is 0. The fraction of sp³-hybridized carbons (Fsp3) is 0.600. The standard InChI is InChI=1S/C10H18/c1-4-7-9-10(6-3)8-5-2/h4,7,9H,5-6,8H2,1-3H3. The Morgan fingerprint density at radius 1 is 1.30 bits per heavy atom. The van der Waals surface area contributed by atoms with Crippen molar-refractivity contribution >= 4 is 0 Å². The first-order valence-electron chi connectivity index (χ1n) is 4.15. The van der Waals surface area contributed by atoms with Crippen LogP contribution in [0.15, 0.2) is 23.8 Å². The topological polar surface area (TPSA) is 0 Å². The van der Waals surface area contributed by atoms with E-state index in [1.807, 2.05) is 0 Å². The summed E-state index contributed by atoms with van der Waals surface area (Å²) in [6, 6.07) is 0. The van der Waals surface area contributed by atoms with Gasteiger partial charge in [-0.05, 0) is 19.8 Å². The van der Waals surface area contributed by atoms with Crippen molar-refractivity contribution in [3.05, 3.63) is 23.8 Å². The summed E-state index contributed by atoms with van der Waals surface area (Å²) in [5.41, 5.74) is 1.56. The molecular weight excluding hydrogens is 120 g/mol. The van der Waals surface area contributed by atoms with Gasteiger partial charge < -0.3 is 0 Å². The molecule has 0 aromatic carbocycles. The third-order valence-corrected chi connectivity index (χ3v) is 1.55. The highest BCUT2D eigenvalue weighted by molar-refractivity contribution is 5.11. The first-order valence-corrected chi connectivity index (χ1v) is 4.15. The van der Waals surface area contributed by atoms with Crippen molar-refractivity contribution in [2.45, 2.75) is 40.0 Å². The molecule has 0 heteroatoms. The zero-order valence-electron chi connectivity index (χ0n) is 7.35. The molecule has 0 aromatic rings. The van der Waals surface area contributed by atoms with E-state index in [0.717, 1.165) is 0 Å². The smallest absolute Gasteiger partial charge is 0.0320 e. The Hall–Kier alpha value is -0.520. The lowest BCUT2D eigenvalue weighted by Gasteiger charge is -1.98. The Bertz CT molecular complexity index is 118. The maximum atomic E-state index is 2.23. The van der Waals surface area contributed by atoms with Crippen molar-refractivity contribution in [1.82, 2.24) is 0 Å². The molecule has 0 atom stereocenters. The molecule has 0 aliphatic carbocycles. The van der Waals surface area contributed by atoms with E-state index < -0.39 is 0 Å². The number of hydrogen-bond acceptors (Lipinski definition) is 0. The molecule has 0 unspecified atom stereocenters. The summed E-state index contributed by atoms with van der Waals surface area (Å²) in [7, 11) is 0. The van der Waals surface area contributed by atoms with Crippen LogP contribution in [0.5, 0.6) is 0 Å². The Morgan fingerprint density at radius 2 is 2.00 bits per heavy atom. The van der Waals surface area contributed by atoms with Crippen molar-refractivity contribution in [1.29, 1.82) is 0 Å². The molecule has 0 nitrogen and oxygen atoms in total. The second kappa shape index (κ2) is 6.60. The minimum absolute atomic E-state index is 1.19. The van der Waals surface area contributed by atoms with Crippen molar-refractivity contribution in [2.24, 2.45) is 0 Å². The average Bonchev–Trinajstić information content (AvgIpc) is 1.98. The van der Waals surface area contributed by atoms with Gasteiger partial charge in [0.05, 0.1) is 0 Å².